The predicted octanol–water partition coefficient (Wildman–Crippen LogP) is 3.52. The molecule has 0 saturated heterocycles. The molecular weight excluding hydrogens is 324 g/mol. The lowest BCUT2D eigenvalue weighted by Gasteiger charge is -2.09. The molecule has 1 aromatic carbocycles. The third kappa shape index (κ3) is 4.33. The molecular formula is C13H17BrN4S. The summed E-state index contributed by atoms with van der Waals surface area (Å²) in [6.07, 6.45) is 0. The summed E-state index contributed by atoms with van der Waals surface area (Å²) in [4.78, 5) is 5.41. The molecule has 0 aliphatic heterocycles. The van der Waals surface area contributed by atoms with Gasteiger partial charge >= 0.3 is 0 Å². The van der Waals surface area contributed by atoms with Crippen LogP contribution in [0.2, 0.25) is 0 Å². The molecule has 0 bridgehead atoms. The normalized spacial score (nSPS) is 11.2. The number of hydrogen-bond donors (Lipinski definition) is 2. The number of rotatable bonds is 5. The van der Waals surface area contributed by atoms with Crippen LogP contribution in [0.5, 0.6) is 0 Å². The van der Waals surface area contributed by atoms with Crippen LogP contribution >= 0.6 is 27.7 Å². The molecule has 19 heavy (non-hydrogen) atoms. The predicted molar refractivity (Wildman–Crippen MR) is 81.4 cm³/mol. The van der Waals surface area contributed by atoms with Crippen molar-refractivity contribution in [2.75, 3.05) is 0 Å². The number of halogens is 1. The molecule has 0 aliphatic rings. The van der Waals surface area contributed by atoms with Crippen LogP contribution < -0.4 is 5.32 Å². The third-order valence-electron chi connectivity index (χ3n) is 2.49. The summed E-state index contributed by atoms with van der Waals surface area (Å²) in [5, 5.41) is 11.1. The van der Waals surface area contributed by atoms with E-state index < -0.39 is 0 Å². The number of hydrogen-bond acceptors (Lipinski definition) is 4. The highest BCUT2D eigenvalue weighted by atomic mass is 79.9. The molecule has 2 N–H and O–H groups in total. The first-order chi connectivity index (χ1) is 9.04. The quantitative estimate of drug-likeness (QED) is 0.874. The summed E-state index contributed by atoms with van der Waals surface area (Å²) in [6.45, 7) is 7.06. The molecule has 0 fully saturated rings. The van der Waals surface area contributed by atoms with Gasteiger partial charge in [0.2, 0.25) is 5.16 Å². The van der Waals surface area contributed by atoms with E-state index in [0.29, 0.717) is 6.04 Å². The Bertz CT molecular complexity index is 553. The highest BCUT2D eigenvalue weighted by Gasteiger charge is 2.07. The van der Waals surface area contributed by atoms with E-state index in [9.17, 15) is 0 Å². The zero-order chi connectivity index (χ0) is 13.8. The zero-order valence-corrected chi connectivity index (χ0v) is 13.6. The Balaban J connectivity index is 2.06. The fraction of sp³-hybridized carbons (Fsp3) is 0.385. The Morgan fingerprint density at radius 1 is 1.42 bits per heavy atom. The van der Waals surface area contributed by atoms with Gasteiger partial charge in [0.25, 0.3) is 0 Å². The second-order valence-electron chi connectivity index (χ2n) is 4.61. The maximum Gasteiger partial charge on any atom is 0.213 e. The summed E-state index contributed by atoms with van der Waals surface area (Å²) in [6, 6.07) is 6.85. The Hall–Kier alpha value is -0.850. The lowest BCUT2D eigenvalue weighted by molar-refractivity contribution is 0.588. The van der Waals surface area contributed by atoms with Gasteiger partial charge in [0.05, 0.1) is 0 Å². The molecule has 0 aliphatic carbocycles. The minimum Gasteiger partial charge on any atom is -0.310 e. The van der Waals surface area contributed by atoms with Crippen molar-refractivity contribution in [3.63, 3.8) is 0 Å². The number of aromatic nitrogens is 3. The van der Waals surface area contributed by atoms with Crippen LogP contribution in [0.25, 0.3) is 0 Å². The highest BCUT2D eigenvalue weighted by molar-refractivity contribution is 9.10. The third-order valence-corrected chi connectivity index (χ3v) is 4.35. The van der Waals surface area contributed by atoms with Crippen molar-refractivity contribution in [3.8, 4) is 0 Å². The molecule has 0 unspecified atom stereocenters. The van der Waals surface area contributed by atoms with E-state index in [1.165, 1.54) is 5.56 Å². The number of benzene rings is 1. The van der Waals surface area contributed by atoms with Gasteiger partial charge < -0.3 is 5.32 Å². The van der Waals surface area contributed by atoms with E-state index in [2.05, 4.69) is 68.5 Å². The molecule has 0 amide bonds. The second kappa shape index (κ2) is 6.54. The first kappa shape index (κ1) is 14.6. The monoisotopic (exact) mass is 340 g/mol. The SMILES string of the molecule is Cc1nc(Sc2ccc(CNC(C)C)cc2Br)n[nH]1. The summed E-state index contributed by atoms with van der Waals surface area (Å²) in [5.74, 6) is 0.830. The van der Waals surface area contributed by atoms with E-state index >= 15 is 0 Å². The minimum absolute atomic E-state index is 0.490. The van der Waals surface area contributed by atoms with Gasteiger partial charge in [-0.15, -0.1) is 5.10 Å². The van der Waals surface area contributed by atoms with Gasteiger partial charge in [-0.1, -0.05) is 19.9 Å². The first-order valence-electron chi connectivity index (χ1n) is 6.13. The second-order valence-corrected chi connectivity index (χ2v) is 6.47. The molecule has 0 spiro atoms. The number of nitrogens with one attached hydrogen (secondary N) is 2. The van der Waals surface area contributed by atoms with E-state index in [1.807, 2.05) is 6.92 Å². The smallest absolute Gasteiger partial charge is 0.213 e. The number of aromatic amines is 1. The maximum atomic E-state index is 4.29. The van der Waals surface area contributed by atoms with Gasteiger partial charge in [0, 0.05) is 22.0 Å². The maximum absolute atomic E-state index is 4.29. The molecule has 4 nitrogen and oxygen atoms in total. The van der Waals surface area contributed by atoms with Crippen LogP contribution in [0.15, 0.2) is 32.7 Å². The number of aryl methyl sites for hydroxylation is 1. The Labute approximate surface area is 125 Å². The van der Waals surface area contributed by atoms with E-state index in [1.54, 1.807) is 11.8 Å². The van der Waals surface area contributed by atoms with E-state index in [-0.39, 0.29) is 0 Å². The van der Waals surface area contributed by atoms with Gasteiger partial charge in [-0.25, -0.2) is 4.98 Å². The van der Waals surface area contributed by atoms with Crippen molar-refractivity contribution in [1.82, 2.24) is 20.5 Å². The molecule has 102 valence electrons. The fourth-order valence-corrected chi connectivity index (χ4v) is 2.96. The van der Waals surface area contributed by atoms with Gasteiger partial charge in [0.15, 0.2) is 0 Å². The molecule has 0 saturated carbocycles. The van der Waals surface area contributed by atoms with Crippen LogP contribution in [0.3, 0.4) is 0 Å². The number of H-pyrrole nitrogens is 1. The lowest BCUT2D eigenvalue weighted by Crippen LogP contribution is -2.21. The Kier molecular flexibility index (Phi) is 5.01. The number of nitrogens with zero attached hydrogens (tertiary/aromatic N) is 2. The Morgan fingerprint density at radius 3 is 2.79 bits per heavy atom. The summed E-state index contributed by atoms with van der Waals surface area (Å²) < 4.78 is 1.07. The zero-order valence-electron chi connectivity index (χ0n) is 11.2. The topological polar surface area (TPSA) is 53.6 Å². The summed E-state index contributed by atoms with van der Waals surface area (Å²) >= 11 is 5.15. The van der Waals surface area contributed by atoms with Crippen LogP contribution in [0, 0.1) is 6.92 Å². The summed E-state index contributed by atoms with van der Waals surface area (Å²) in [5.41, 5.74) is 1.26. The fourth-order valence-electron chi connectivity index (χ4n) is 1.53. The molecule has 2 aromatic rings. The van der Waals surface area contributed by atoms with Crippen molar-refractivity contribution in [2.24, 2.45) is 0 Å². The largest absolute Gasteiger partial charge is 0.310 e. The lowest BCUT2D eigenvalue weighted by atomic mass is 10.2. The van der Waals surface area contributed by atoms with Gasteiger partial charge in [0.1, 0.15) is 5.82 Å². The van der Waals surface area contributed by atoms with Crippen molar-refractivity contribution >= 4 is 27.7 Å². The van der Waals surface area contributed by atoms with Crippen molar-refractivity contribution in [2.45, 2.75) is 43.4 Å². The van der Waals surface area contributed by atoms with Gasteiger partial charge in [-0.3, -0.25) is 5.10 Å². The van der Waals surface area contributed by atoms with Gasteiger partial charge in [-0.05, 0) is 52.3 Å². The standard InChI is InChI=1S/C13H17BrN4S/c1-8(2)15-7-10-4-5-12(11(14)6-10)19-13-16-9(3)17-18-13/h4-6,8,15H,7H2,1-3H3,(H,16,17,18). The van der Waals surface area contributed by atoms with Crippen molar-refractivity contribution < 1.29 is 0 Å². The van der Waals surface area contributed by atoms with Crippen LogP contribution in [0.1, 0.15) is 25.2 Å². The highest BCUT2D eigenvalue weighted by Crippen LogP contribution is 2.32. The van der Waals surface area contributed by atoms with Gasteiger partial charge in [-0.2, -0.15) is 0 Å². The van der Waals surface area contributed by atoms with Crippen LogP contribution in [-0.4, -0.2) is 21.2 Å². The molecule has 0 atom stereocenters. The molecule has 1 aromatic heterocycles. The molecule has 0 radical (unpaired) electrons. The summed E-state index contributed by atoms with van der Waals surface area (Å²) in [7, 11) is 0. The van der Waals surface area contributed by atoms with Crippen LogP contribution in [-0.2, 0) is 6.54 Å². The average Bonchev–Trinajstić information content (AvgIpc) is 2.75. The van der Waals surface area contributed by atoms with Crippen LogP contribution in [0.4, 0.5) is 0 Å². The van der Waals surface area contributed by atoms with Crippen molar-refractivity contribution in [3.05, 3.63) is 34.1 Å². The molecule has 2 rings (SSSR count). The average molecular weight is 341 g/mol. The van der Waals surface area contributed by atoms with E-state index in [4.69, 9.17) is 0 Å². The van der Waals surface area contributed by atoms with Crippen molar-refractivity contribution in [1.29, 1.82) is 0 Å². The molecule has 1 heterocycles. The van der Waals surface area contributed by atoms with E-state index in [0.717, 1.165) is 26.9 Å². The Morgan fingerprint density at radius 2 is 2.21 bits per heavy atom. The first-order valence-corrected chi connectivity index (χ1v) is 7.74. The molecule has 6 heteroatoms. The minimum atomic E-state index is 0.490.